The number of benzene rings is 1. The van der Waals surface area contributed by atoms with Crippen molar-refractivity contribution in [2.75, 3.05) is 25.9 Å². The van der Waals surface area contributed by atoms with Crippen LogP contribution in [-0.2, 0) is 9.53 Å². The van der Waals surface area contributed by atoms with Gasteiger partial charge in [0.05, 0.1) is 23.4 Å². The van der Waals surface area contributed by atoms with Crippen molar-refractivity contribution in [3.8, 4) is 5.75 Å². The number of piperidine rings is 1. The van der Waals surface area contributed by atoms with E-state index in [4.69, 9.17) is 26.8 Å². The maximum atomic E-state index is 12.6. The summed E-state index contributed by atoms with van der Waals surface area (Å²) >= 11 is 6.02. The van der Waals surface area contributed by atoms with Crippen LogP contribution in [0.1, 0.15) is 37.0 Å². The first-order valence-electron chi connectivity index (χ1n) is 8.20. The van der Waals surface area contributed by atoms with Gasteiger partial charge in [-0.2, -0.15) is 0 Å². The summed E-state index contributed by atoms with van der Waals surface area (Å²) in [7, 11) is 1.47. The fourth-order valence-corrected chi connectivity index (χ4v) is 3.13. The number of methoxy groups -OCH3 is 1. The van der Waals surface area contributed by atoms with E-state index in [0.29, 0.717) is 28.4 Å². The predicted molar refractivity (Wildman–Crippen MR) is 95.7 cm³/mol. The number of esters is 1. The Morgan fingerprint density at radius 1 is 1.44 bits per heavy atom. The topological polar surface area (TPSA) is 93.9 Å². The van der Waals surface area contributed by atoms with Crippen LogP contribution in [0, 0.1) is 0 Å². The first-order chi connectivity index (χ1) is 11.8. The molecule has 25 heavy (non-hydrogen) atoms. The van der Waals surface area contributed by atoms with E-state index in [-0.39, 0.29) is 24.1 Å². The summed E-state index contributed by atoms with van der Waals surface area (Å²) in [6.45, 7) is 4.91. The van der Waals surface area contributed by atoms with E-state index in [2.05, 4.69) is 10.2 Å². The molecule has 0 spiro atoms. The smallest absolute Gasteiger partial charge is 0.304 e. The highest BCUT2D eigenvalue weighted by Crippen LogP contribution is 2.29. The summed E-state index contributed by atoms with van der Waals surface area (Å²) < 4.78 is 10.6. The van der Waals surface area contributed by atoms with Gasteiger partial charge in [-0.05, 0) is 19.0 Å². The van der Waals surface area contributed by atoms with Crippen molar-refractivity contribution in [1.29, 1.82) is 0 Å². The molecule has 1 aliphatic rings. The molecule has 138 valence electrons. The average molecular weight is 370 g/mol. The standard InChI is InChI=1S/C17H24ClN3O4/c1-4-21-6-5-11(7-16(21)25-10(2)22)20-17(23)12-8-13(18)14(19)9-15(12)24-3/h8-9,11,16H,4-7,19H2,1-3H3,(H,20,23). The largest absolute Gasteiger partial charge is 0.496 e. The van der Waals surface area contributed by atoms with Gasteiger partial charge < -0.3 is 20.5 Å². The van der Waals surface area contributed by atoms with Crippen LogP contribution < -0.4 is 15.8 Å². The lowest BCUT2D eigenvalue weighted by molar-refractivity contribution is -0.160. The lowest BCUT2D eigenvalue weighted by atomic mass is 10.0. The van der Waals surface area contributed by atoms with Crippen molar-refractivity contribution in [1.82, 2.24) is 10.2 Å². The maximum absolute atomic E-state index is 12.6. The van der Waals surface area contributed by atoms with Crippen LogP contribution in [0.3, 0.4) is 0 Å². The highest BCUT2D eigenvalue weighted by atomic mass is 35.5. The Bertz CT molecular complexity index is 653. The Balaban J connectivity index is 2.10. The first kappa shape index (κ1) is 19.3. The lowest BCUT2D eigenvalue weighted by Crippen LogP contribution is -2.51. The van der Waals surface area contributed by atoms with Crippen molar-refractivity contribution in [3.05, 3.63) is 22.7 Å². The number of hydrogen-bond donors (Lipinski definition) is 2. The van der Waals surface area contributed by atoms with Gasteiger partial charge in [0.1, 0.15) is 5.75 Å². The van der Waals surface area contributed by atoms with Crippen molar-refractivity contribution in [2.24, 2.45) is 0 Å². The SMILES string of the molecule is CCN1CCC(NC(=O)c2cc(Cl)c(N)cc2OC)CC1OC(C)=O. The van der Waals surface area contributed by atoms with Crippen molar-refractivity contribution in [2.45, 2.75) is 39.0 Å². The van der Waals surface area contributed by atoms with Gasteiger partial charge in [0.2, 0.25) is 0 Å². The highest BCUT2D eigenvalue weighted by Gasteiger charge is 2.31. The Labute approximate surface area is 152 Å². The number of nitrogens with two attached hydrogens (primary N) is 1. The number of nitrogens with zero attached hydrogens (tertiary/aromatic N) is 1. The summed E-state index contributed by atoms with van der Waals surface area (Å²) in [6.07, 6.45) is 0.963. The lowest BCUT2D eigenvalue weighted by Gasteiger charge is -2.38. The number of carbonyl (C=O) groups excluding carboxylic acids is 2. The van der Waals surface area contributed by atoms with Crippen LogP contribution in [0.2, 0.25) is 5.02 Å². The Hall–Kier alpha value is -1.99. The van der Waals surface area contributed by atoms with Crippen LogP contribution in [0.25, 0.3) is 0 Å². The molecule has 1 aromatic carbocycles. The monoisotopic (exact) mass is 369 g/mol. The molecule has 0 bridgehead atoms. The molecule has 0 aliphatic carbocycles. The molecule has 1 fully saturated rings. The zero-order valence-electron chi connectivity index (χ0n) is 14.7. The second kappa shape index (κ2) is 8.40. The molecule has 1 aliphatic heterocycles. The summed E-state index contributed by atoms with van der Waals surface area (Å²) in [5.74, 6) is -0.264. The van der Waals surface area contributed by atoms with Gasteiger partial charge >= 0.3 is 5.97 Å². The van der Waals surface area contributed by atoms with E-state index in [1.54, 1.807) is 0 Å². The van der Waals surface area contributed by atoms with Crippen molar-refractivity contribution >= 4 is 29.2 Å². The highest BCUT2D eigenvalue weighted by molar-refractivity contribution is 6.33. The van der Waals surface area contributed by atoms with Gasteiger partial charge in [-0.15, -0.1) is 0 Å². The molecule has 0 radical (unpaired) electrons. The summed E-state index contributed by atoms with van der Waals surface area (Å²) in [4.78, 5) is 26.0. The van der Waals surface area contributed by atoms with Gasteiger partial charge in [0, 0.05) is 32.0 Å². The third-order valence-corrected chi connectivity index (χ3v) is 4.59. The van der Waals surface area contributed by atoms with Crippen LogP contribution in [0.4, 0.5) is 5.69 Å². The number of hydrogen-bond acceptors (Lipinski definition) is 6. The molecule has 3 N–H and O–H groups in total. The first-order valence-corrected chi connectivity index (χ1v) is 8.58. The van der Waals surface area contributed by atoms with Gasteiger partial charge in [0.15, 0.2) is 6.23 Å². The quantitative estimate of drug-likeness (QED) is 0.609. The van der Waals surface area contributed by atoms with Gasteiger partial charge in [-0.25, -0.2) is 0 Å². The van der Waals surface area contributed by atoms with E-state index in [9.17, 15) is 9.59 Å². The van der Waals surface area contributed by atoms with Crippen molar-refractivity contribution in [3.63, 3.8) is 0 Å². The zero-order chi connectivity index (χ0) is 18.6. The zero-order valence-corrected chi connectivity index (χ0v) is 15.4. The number of rotatable bonds is 5. The summed E-state index contributed by atoms with van der Waals surface area (Å²) in [6, 6.07) is 2.91. The van der Waals surface area contributed by atoms with Gasteiger partial charge in [-0.1, -0.05) is 18.5 Å². The van der Waals surface area contributed by atoms with E-state index in [0.717, 1.165) is 19.5 Å². The number of likely N-dealkylation sites (tertiary alicyclic amines) is 1. The Morgan fingerprint density at radius 3 is 2.76 bits per heavy atom. The Morgan fingerprint density at radius 2 is 2.16 bits per heavy atom. The number of halogens is 1. The molecular weight excluding hydrogens is 346 g/mol. The normalized spacial score (nSPS) is 20.8. The second-order valence-corrected chi connectivity index (χ2v) is 6.37. The molecule has 1 saturated heterocycles. The third-order valence-electron chi connectivity index (χ3n) is 4.27. The third kappa shape index (κ3) is 4.76. The number of anilines is 1. The number of nitrogen functional groups attached to an aromatic ring is 1. The van der Waals surface area contributed by atoms with Gasteiger partial charge in [0.25, 0.3) is 5.91 Å². The molecule has 1 amide bonds. The molecule has 2 rings (SSSR count). The van der Waals surface area contributed by atoms with Crippen LogP contribution in [0.15, 0.2) is 12.1 Å². The van der Waals surface area contributed by atoms with Crippen LogP contribution in [0.5, 0.6) is 5.75 Å². The van der Waals surface area contributed by atoms with E-state index >= 15 is 0 Å². The fraction of sp³-hybridized carbons (Fsp3) is 0.529. The molecule has 2 unspecified atom stereocenters. The minimum atomic E-state index is -0.335. The maximum Gasteiger partial charge on any atom is 0.304 e. The second-order valence-electron chi connectivity index (χ2n) is 5.96. The number of ether oxygens (including phenoxy) is 2. The molecule has 0 aromatic heterocycles. The molecule has 0 saturated carbocycles. The number of carbonyl (C=O) groups is 2. The van der Waals surface area contributed by atoms with Crippen molar-refractivity contribution < 1.29 is 19.1 Å². The molecule has 8 heteroatoms. The average Bonchev–Trinajstić information content (AvgIpc) is 2.56. The van der Waals surface area contributed by atoms with E-state index in [1.807, 2.05) is 6.92 Å². The fourth-order valence-electron chi connectivity index (χ4n) is 2.96. The molecular formula is C17H24ClN3O4. The molecule has 2 atom stereocenters. The predicted octanol–water partition coefficient (Wildman–Crippen LogP) is 2.03. The minimum absolute atomic E-state index is 0.110. The summed E-state index contributed by atoms with van der Waals surface area (Å²) in [5.41, 5.74) is 6.42. The number of nitrogens with one attached hydrogen (secondary N) is 1. The van der Waals surface area contributed by atoms with Crippen LogP contribution >= 0.6 is 11.6 Å². The van der Waals surface area contributed by atoms with Crippen LogP contribution in [-0.4, -0.2) is 49.2 Å². The summed E-state index contributed by atoms with van der Waals surface area (Å²) in [5, 5.41) is 3.26. The molecule has 1 aromatic rings. The van der Waals surface area contributed by atoms with E-state index in [1.165, 1.54) is 26.2 Å². The van der Waals surface area contributed by atoms with Gasteiger partial charge in [-0.3, -0.25) is 14.5 Å². The minimum Gasteiger partial charge on any atom is -0.496 e. The van der Waals surface area contributed by atoms with E-state index < -0.39 is 0 Å². The number of amides is 1. The molecule has 7 nitrogen and oxygen atoms in total. The Kier molecular flexibility index (Phi) is 6.50. The molecule has 1 heterocycles.